The highest BCUT2D eigenvalue weighted by atomic mass is 19.4. The number of carbonyl (C=O) groups is 1. The molecule has 6 heteroatoms. The van der Waals surface area contributed by atoms with E-state index < -0.39 is 11.7 Å². The molecule has 1 fully saturated rings. The maximum Gasteiger partial charge on any atom is 0.416 e. The van der Waals surface area contributed by atoms with Crippen LogP contribution in [0.5, 0.6) is 0 Å². The van der Waals surface area contributed by atoms with Crippen molar-refractivity contribution in [2.24, 2.45) is 11.8 Å². The SMILES string of the molecule is CC(C)CN(C)C(=O)C1CN(Cc2ccc(CCc3cccc(C(F)(F)F)c3)cc2)C1. The first-order valence-electron chi connectivity index (χ1n) is 10.8. The lowest BCUT2D eigenvalue weighted by Gasteiger charge is -2.40. The number of likely N-dealkylation sites (tertiary alicyclic amines) is 1. The summed E-state index contributed by atoms with van der Waals surface area (Å²) in [5.74, 6) is 0.794. The number of aryl methyl sites for hydroxylation is 2. The number of halogens is 3. The van der Waals surface area contributed by atoms with Gasteiger partial charge in [0.25, 0.3) is 0 Å². The highest BCUT2D eigenvalue weighted by Gasteiger charge is 2.34. The van der Waals surface area contributed by atoms with E-state index in [9.17, 15) is 18.0 Å². The molecule has 0 spiro atoms. The third-order valence-corrected chi connectivity index (χ3v) is 5.71. The van der Waals surface area contributed by atoms with Gasteiger partial charge in [-0.2, -0.15) is 13.2 Å². The topological polar surface area (TPSA) is 23.6 Å². The maximum atomic E-state index is 12.8. The van der Waals surface area contributed by atoms with Gasteiger partial charge in [-0.3, -0.25) is 9.69 Å². The second kappa shape index (κ2) is 9.86. The molecule has 3 nitrogen and oxygen atoms in total. The predicted octanol–water partition coefficient (Wildman–Crippen LogP) is 5.04. The molecule has 1 heterocycles. The molecule has 168 valence electrons. The number of hydrogen-bond acceptors (Lipinski definition) is 2. The van der Waals surface area contributed by atoms with Crippen LogP contribution in [0.4, 0.5) is 13.2 Å². The van der Waals surface area contributed by atoms with Crippen molar-refractivity contribution in [2.45, 2.75) is 39.4 Å². The largest absolute Gasteiger partial charge is 0.416 e. The predicted molar refractivity (Wildman–Crippen MR) is 117 cm³/mol. The number of nitrogens with zero attached hydrogens (tertiary/aromatic N) is 2. The first kappa shape index (κ1) is 23.3. The zero-order valence-electron chi connectivity index (χ0n) is 18.5. The Bertz CT molecular complexity index is 871. The monoisotopic (exact) mass is 432 g/mol. The number of hydrogen-bond donors (Lipinski definition) is 0. The lowest BCUT2D eigenvalue weighted by Crippen LogP contribution is -2.53. The Labute approximate surface area is 182 Å². The van der Waals surface area contributed by atoms with E-state index >= 15 is 0 Å². The highest BCUT2D eigenvalue weighted by Crippen LogP contribution is 2.29. The molecule has 2 aromatic carbocycles. The van der Waals surface area contributed by atoms with E-state index in [1.165, 1.54) is 17.7 Å². The zero-order chi connectivity index (χ0) is 22.6. The summed E-state index contributed by atoms with van der Waals surface area (Å²) in [4.78, 5) is 16.5. The smallest absolute Gasteiger partial charge is 0.345 e. The van der Waals surface area contributed by atoms with Crippen molar-refractivity contribution in [3.8, 4) is 0 Å². The van der Waals surface area contributed by atoms with E-state index in [1.54, 1.807) is 6.07 Å². The summed E-state index contributed by atoms with van der Waals surface area (Å²) in [6.07, 6.45) is -3.03. The lowest BCUT2D eigenvalue weighted by atomic mass is 9.96. The van der Waals surface area contributed by atoms with E-state index in [0.29, 0.717) is 24.3 Å². The third kappa shape index (κ3) is 6.57. The Morgan fingerprint density at radius 1 is 1.03 bits per heavy atom. The van der Waals surface area contributed by atoms with Gasteiger partial charge in [-0.1, -0.05) is 56.3 Å². The quantitative estimate of drug-likeness (QED) is 0.584. The van der Waals surface area contributed by atoms with E-state index in [-0.39, 0.29) is 11.8 Å². The molecule has 1 aliphatic rings. The van der Waals surface area contributed by atoms with Crippen LogP contribution in [-0.2, 0) is 30.4 Å². The fraction of sp³-hybridized carbons (Fsp3) is 0.480. The van der Waals surface area contributed by atoms with E-state index in [2.05, 4.69) is 30.9 Å². The van der Waals surface area contributed by atoms with Crippen LogP contribution in [0.25, 0.3) is 0 Å². The zero-order valence-corrected chi connectivity index (χ0v) is 18.5. The van der Waals surface area contributed by atoms with Crippen LogP contribution in [0.1, 0.15) is 36.1 Å². The summed E-state index contributed by atoms with van der Waals surface area (Å²) in [6.45, 7) is 7.40. The van der Waals surface area contributed by atoms with Gasteiger partial charge in [0.1, 0.15) is 0 Å². The van der Waals surface area contributed by atoms with Crippen molar-refractivity contribution in [2.75, 3.05) is 26.7 Å². The molecule has 1 aliphatic heterocycles. The van der Waals surface area contributed by atoms with Gasteiger partial charge in [-0.05, 0) is 41.5 Å². The summed E-state index contributed by atoms with van der Waals surface area (Å²) in [5, 5.41) is 0. The number of carbonyl (C=O) groups excluding carboxylic acids is 1. The fourth-order valence-corrected chi connectivity index (χ4v) is 4.07. The van der Waals surface area contributed by atoms with E-state index in [0.717, 1.165) is 37.8 Å². The molecule has 1 saturated heterocycles. The van der Waals surface area contributed by atoms with Gasteiger partial charge >= 0.3 is 6.18 Å². The van der Waals surface area contributed by atoms with Crippen molar-refractivity contribution in [1.82, 2.24) is 9.80 Å². The lowest BCUT2D eigenvalue weighted by molar-refractivity contribution is -0.140. The Hall–Kier alpha value is -2.34. The van der Waals surface area contributed by atoms with Crippen molar-refractivity contribution < 1.29 is 18.0 Å². The van der Waals surface area contributed by atoms with Crippen LogP contribution >= 0.6 is 0 Å². The minimum absolute atomic E-state index is 0.0930. The highest BCUT2D eigenvalue weighted by molar-refractivity contribution is 5.80. The van der Waals surface area contributed by atoms with Gasteiger partial charge in [-0.25, -0.2) is 0 Å². The molecular weight excluding hydrogens is 401 g/mol. The molecule has 2 aromatic rings. The minimum atomic E-state index is -4.30. The van der Waals surface area contributed by atoms with Gasteiger partial charge in [0.2, 0.25) is 5.91 Å². The number of rotatable bonds is 8. The van der Waals surface area contributed by atoms with Gasteiger partial charge in [-0.15, -0.1) is 0 Å². The van der Waals surface area contributed by atoms with Crippen molar-refractivity contribution in [1.29, 1.82) is 0 Å². The molecular formula is C25H31F3N2O. The number of benzene rings is 2. The molecule has 31 heavy (non-hydrogen) atoms. The van der Waals surface area contributed by atoms with Crippen molar-refractivity contribution >= 4 is 5.91 Å². The first-order valence-corrected chi connectivity index (χ1v) is 10.8. The molecule has 0 bridgehead atoms. The fourth-order valence-electron chi connectivity index (χ4n) is 4.07. The standard InChI is InChI=1S/C25H31F3N2O/c1-18(2)14-29(3)24(31)22-16-30(17-22)15-21-11-8-19(9-12-21)7-10-20-5-4-6-23(13-20)25(26,27)28/h4-6,8-9,11-13,18,22H,7,10,14-17H2,1-3H3. The average Bonchev–Trinajstić information content (AvgIpc) is 2.68. The van der Waals surface area contributed by atoms with Gasteiger partial charge in [0, 0.05) is 33.2 Å². The van der Waals surface area contributed by atoms with Gasteiger partial charge < -0.3 is 4.90 Å². The minimum Gasteiger partial charge on any atom is -0.345 e. The molecule has 0 radical (unpaired) electrons. The first-order chi connectivity index (χ1) is 14.6. The number of alkyl halides is 3. The molecule has 0 saturated carbocycles. The average molecular weight is 433 g/mol. The van der Waals surface area contributed by atoms with Crippen LogP contribution in [0.2, 0.25) is 0 Å². The Morgan fingerprint density at radius 2 is 1.65 bits per heavy atom. The third-order valence-electron chi connectivity index (χ3n) is 5.71. The van der Waals surface area contributed by atoms with Crippen LogP contribution < -0.4 is 0 Å². The Morgan fingerprint density at radius 3 is 2.26 bits per heavy atom. The molecule has 0 atom stereocenters. The second-order valence-corrected chi connectivity index (χ2v) is 9.02. The Balaban J connectivity index is 1.45. The van der Waals surface area contributed by atoms with Crippen LogP contribution in [-0.4, -0.2) is 42.4 Å². The van der Waals surface area contributed by atoms with Crippen molar-refractivity contribution in [3.05, 3.63) is 70.8 Å². The maximum absolute atomic E-state index is 12.8. The molecule has 0 unspecified atom stereocenters. The second-order valence-electron chi connectivity index (χ2n) is 9.02. The van der Waals surface area contributed by atoms with Gasteiger partial charge in [0.15, 0.2) is 0 Å². The molecule has 0 aliphatic carbocycles. The molecule has 0 aromatic heterocycles. The summed E-state index contributed by atoms with van der Waals surface area (Å²) in [5.41, 5.74) is 2.39. The van der Waals surface area contributed by atoms with E-state index in [1.807, 2.05) is 24.1 Å². The normalized spacial score (nSPS) is 15.2. The van der Waals surface area contributed by atoms with Crippen LogP contribution in [0.3, 0.4) is 0 Å². The van der Waals surface area contributed by atoms with Crippen molar-refractivity contribution in [3.63, 3.8) is 0 Å². The van der Waals surface area contributed by atoms with E-state index in [4.69, 9.17) is 0 Å². The molecule has 1 amide bonds. The Kier molecular flexibility index (Phi) is 7.42. The molecule has 3 rings (SSSR count). The van der Waals surface area contributed by atoms with Gasteiger partial charge in [0.05, 0.1) is 11.5 Å². The number of amides is 1. The summed E-state index contributed by atoms with van der Waals surface area (Å²) in [7, 11) is 1.88. The summed E-state index contributed by atoms with van der Waals surface area (Å²) < 4.78 is 38.5. The molecule has 0 N–H and O–H groups in total. The van der Waals surface area contributed by atoms with Crippen LogP contribution in [0, 0.1) is 11.8 Å². The van der Waals surface area contributed by atoms with Crippen LogP contribution in [0.15, 0.2) is 48.5 Å². The summed E-state index contributed by atoms with van der Waals surface area (Å²) in [6, 6.07) is 13.8. The summed E-state index contributed by atoms with van der Waals surface area (Å²) >= 11 is 0.